The van der Waals surface area contributed by atoms with Gasteiger partial charge in [0, 0.05) is 12.6 Å². The highest BCUT2D eigenvalue weighted by atomic mass is 32.2. The Morgan fingerprint density at radius 3 is 2.68 bits per heavy atom. The van der Waals surface area contributed by atoms with E-state index in [1.807, 2.05) is 30.3 Å². The van der Waals surface area contributed by atoms with Crippen molar-refractivity contribution >= 4 is 17.2 Å². The smallest absolute Gasteiger partial charge is 0.243 e. The Balaban J connectivity index is 2.49. The second kappa shape index (κ2) is 8.58. The van der Waals surface area contributed by atoms with E-state index in [-0.39, 0.29) is 11.9 Å². The molecule has 1 aromatic rings. The van der Waals surface area contributed by atoms with Crippen LogP contribution in [0, 0.1) is 0 Å². The Kier molecular flexibility index (Phi) is 7.02. The average Bonchev–Trinajstić information content (AvgIpc) is 2.42. The van der Waals surface area contributed by atoms with Crippen LogP contribution in [-0.4, -0.2) is 21.2 Å². The Bertz CT molecular complexity index is 437. The first-order valence-electron chi connectivity index (χ1n) is 5.95. The first-order valence-corrected chi connectivity index (χ1v) is 7.06. The average molecular weight is 282 g/mol. The minimum atomic E-state index is -2.07. The van der Waals surface area contributed by atoms with E-state index in [0.29, 0.717) is 19.4 Å². The highest BCUT2D eigenvalue weighted by Gasteiger charge is 2.12. The number of nitrogens with one attached hydrogen (secondary N) is 2. The lowest BCUT2D eigenvalue weighted by atomic mass is 10.0. The third-order valence-electron chi connectivity index (χ3n) is 2.60. The first kappa shape index (κ1) is 15.6. The lowest BCUT2D eigenvalue weighted by Gasteiger charge is -2.16. The molecule has 19 heavy (non-hydrogen) atoms. The molecular formula is C13H18N2O3S. The summed E-state index contributed by atoms with van der Waals surface area (Å²) in [5.41, 5.74) is 0.944. The van der Waals surface area contributed by atoms with Crippen LogP contribution in [0.15, 0.2) is 43.0 Å². The summed E-state index contributed by atoms with van der Waals surface area (Å²) in [6.07, 6.45) is 2.56. The van der Waals surface area contributed by atoms with Crippen molar-refractivity contribution in [3.05, 3.63) is 48.6 Å². The molecule has 0 saturated heterocycles. The number of carbonyl (C=O) groups excluding carboxylic acids is 1. The SMILES string of the molecule is C=CC(=O)NCCCC(NS(=O)O)c1ccccc1. The Morgan fingerprint density at radius 1 is 1.42 bits per heavy atom. The van der Waals surface area contributed by atoms with Gasteiger partial charge in [0.1, 0.15) is 0 Å². The standard InChI is InChI=1S/C13H18N2O3S/c1-2-13(16)14-10-6-9-12(15-19(17)18)11-7-4-3-5-8-11/h2-5,7-8,12,15H,1,6,9-10H2,(H,14,16)(H,17,18). The van der Waals surface area contributed by atoms with Crippen LogP contribution < -0.4 is 10.0 Å². The molecule has 1 aromatic carbocycles. The molecule has 0 heterocycles. The van der Waals surface area contributed by atoms with Gasteiger partial charge in [0.05, 0.1) is 0 Å². The quantitative estimate of drug-likeness (QED) is 0.384. The van der Waals surface area contributed by atoms with Crippen LogP contribution in [0.1, 0.15) is 24.4 Å². The lowest BCUT2D eigenvalue weighted by Crippen LogP contribution is -2.26. The zero-order valence-corrected chi connectivity index (χ0v) is 11.4. The van der Waals surface area contributed by atoms with Crippen LogP contribution in [0.2, 0.25) is 0 Å². The van der Waals surface area contributed by atoms with Gasteiger partial charge in [0.2, 0.25) is 17.2 Å². The highest BCUT2D eigenvalue weighted by molar-refractivity contribution is 7.77. The predicted molar refractivity (Wildman–Crippen MR) is 75.5 cm³/mol. The van der Waals surface area contributed by atoms with E-state index in [2.05, 4.69) is 16.6 Å². The molecule has 6 heteroatoms. The van der Waals surface area contributed by atoms with Crippen LogP contribution in [0.5, 0.6) is 0 Å². The van der Waals surface area contributed by atoms with Crippen molar-refractivity contribution in [2.75, 3.05) is 6.54 Å². The van der Waals surface area contributed by atoms with Crippen molar-refractivity contribution in [2.24, 2.45) is 0 Å². The largest absolute Gasteiger partial charge is 0.353 e. The molecule has 0 bridgehead atoms. The van der Waals surface area contributed by atoms with Gasteiger partial charge in [-0.05, 0) is 24.5 Å². The summed E-state index contributed by atoms with van der Waals surface area (Å²) in [5, 5.41) is 2.67. The predicted octanol–water partition coefficient (Wildman–Crippen LogP) is 1.54. The third-order valence-corrected chi connectivity index (χ3v) is 3.09. The normalized spacial score (nSPS) is 13.5. The summed E-state index contributed by atoms with van der Waals surface area (Å²) in [5.74, 6) is -0.213. The third kappa shape index (κ3) is 6.28. The van der Waals surface area contributed by atoms with Crippen molar-refractivity contribution in [3.63, 3.8) is 0 Å². The second-order valence-electron chi connectivity index (χ2n) is 3.97. The summed E-state index contributed by atoms with van der Waals surface area (Å²) in [6, 6.07) is 9.22. The van der Waals surface area contributed by atoms with E-state index >= 15 is 0 Å². The molecule has 2 unspecified atom stereocenters. The molecule has 1 rings (SSSR count). The summed E-state index contributed by atoms with van der Waals surface area (Å²) in [4.78, 5) is 11.0. The van der Waals surface area contributed by atoms with Gasteiger partial charge in [-0.15, -0.1) is 0 Å². The molecule has 0 aliphatic carbocycles. The first-order chi connectivity index (χ1) is 9.13. The van der Waals surface area contributed by atoms with E-state index in [4.69, 9.17) is 4.55 Å². The Labute approximate surface area is 115 Å². The van der Waals surface area contributed by atoms with Gasteiger partial charge >= 0.3 is 0 Å². The summed E-state index contributed by atoms with van der Waals surface area (Å²) in [6.45, 7) is 3.87. The van der Waals surface area contributed by atoms with Gasteiger partial charge in [0.25, 0.3) is 0 Å². The van der Waals surface area contributed by atoms with Gasteiger partial charge < -0.3 is 5.32 Å². The van der Waals surface area contributed by atoms with E-state index in [9.17, 15) is 9.00 Å². The van der Waals surface area contributed by atoms with E-state index in [1.165, 1.54) is 6.08 Å². The minimum absolute atomic E-state index is 0.213. The molecular weight excluding hydrogens is 264 g/mol. The van der Waals surface area contributed by atoms with Crippen LogP contribution in [0.25, 0.3) is 0 Å². The van der Waals surface area contributed by atoms with Crippen LogP contribution in [0.4, 0.5) is 0 Å². The molecule has 104 valence electrons. The van der Waals surface area contributed by atoms with Crippen molar-refractivity contribution < 1.29 is 13.6 Å². The molecule has 0 aliphatic heterocycles. The Morgan fingerprint density at radius 2 is 2.11 bits per heavy atom. The van der Waals surface area contributed by atoms with Crippen molar-refractivity contribution in [3.8, 4) is 0 Å². The van der Waals surface area contributed by atoms with Gasteiger partial charge in [0.15, 0.2) is 0 Å². The van der Waals surface area contributed by atoms with E-state index in [0.717, 1.165) is 5.56 Å². The number of hydrogen-bond acceptors (Lipinski definition) is 2. The number of hydrogen-bond donors (Lipinski definition) is 3. The fourth-order valence-electron chi connectivity index (χ4n) is 1.69. The zero-order chi connectivity index (χ0) is 14.1. The summed E-state index contributed by atoms with van der Waals surface area (Å²) < 4.78 is 22.4. The fourth-order valence-corrected chi connectivity index (χ4v) is 2.19. The molecule has 0 aromatic heterocycles. The van der Waals surface area contributed by atoms with Crippen LogP contribution >= 0.6 is 0 Å². The van der Waals surface area contributed by atoms with Gasteiger partial charge in [-0.1, -0.05) is 36.9 Å². The summed E-state index contributed by atoms with van der Waals surface area (Å²) >= 11 is -2.07. The van der Waals surface area contributed by atoms with Gasteiger partial charge in [-0.2, -0.15) is 0 Å². The summed E-state index contributed by atoms with van der Waals surface area (Å²) in [7, 11) is 0. The van der Waals surface area contributed by atoms with Crippen molar-refractivity contribution in [1.29, 1.82) is 0 Å². The second-order valence-corrected chi connectivity index (χ2v) is 4.70. The van der Waals surface area contributed by atoms with Crippen molar-refractivity contribution in [1.82, 2.24) is 10.0 Å². The molecule has 0 spiro atoms. The molecule has 0 radical (unpaired) electrons. The number of rotatable bonds is 8. The topological polar surface area (TPSA) is 78.4 Å². The van der Waals surface area contributed by atoms with Crippen molar-refractivity contribution in [2.45, 2.75) is 18.9 Å². The van der Waals surface area contributed by atoms with Gasteiger partial charge in [-0.25, -0.2) is 8.93 Å². The fraction of sp³-hybridized carbons (Fsp3) is 0.308. The molecule has 0 fully saturated rings. The minimum Gasteiger partial charge on any atom is -0.353 e. The molecule has 3 N–H and O–H groups in total. The molecule has 5 nitrogen and oxygen atoms in total. The van der Waals surface area contributed by atoms with E-state index < -0.39 is 11.3 Å². The molecule has 2 atom stereocenters. The van der Waals surface area contributed by atoms with E-state index in [1.54, 1.807) is 0 Å². The molecule has 0 saturated carbocycles. The zero-order valence-electron chi connectivity index (χ0n) is 10.5. The molecule has 1 amide bonds. The number of carbonyl (C=O) groups is 1. The maximum absolute atomic E-state index is 11.0. The van der Waals surface area contributed by atoms with Crippen LogP contribution in [-0.2, 0) is 16.1 Å². The highest BCUT2D eigenvalue weighted by Crippen LogP contribution is 2.18. The van der Waals surface area contributed by atoms with Crippen LogP contribution in [0.3, 0.4) is 0 Å². The number of amides is 1. The Hall–Kier alpha value is -1.50. The lowest BCUT2D eigenvalue weighted by molar-refractivity contribution is -0.116. The number of benzene rings is 1. The maximum Gasteiger partial charge on any atom is 0.243 e. The molecule has 0 aliphatic rings. The maximum atomic E-state index is 11.0. The van der Waals surface area contributed by atoms with Gasteiger partial charge in [-0.3, -0.25) is 9.35 Å². The monoisotopic (exact) mass is 282 g/mol.